The molecule has 0 radical (unpaired) electrons. The Balaban J connectivity index is 1.49. The molecule has 1 amide bonds. The molecule has 132 valence electrons. The molecule has 0 spiro atoms. The first-order valence-electron chi connectivity index (χ1n) is 7.89. The molecule has 1 saturated heterocycles. The van der Waals surface area contributed by atoms with Crippen LogP contribution in [0.25, 0.3) is 0 Å². The van der Waals surface area contributed by atoms with E-state index in [1.54, 1.807) is 4.90 Å². The van der Waals surface area contributed by atoms with Crippen LogP contribution in [0.1, 0.15) is 0 Å². The Morgan fingerprint density at radius 3 is 2.32 bits per heavy atom. The van der Waals surface area contributed by atoms with Crippen LogP contribution in [0.4, 0.5) is 14.5 Å². The van der Waals surface area contributed by atoms with Crippen LogP contribution < -0.4 is 4.90 Å². The molecule has 3 nitrogen and oxygen atoms in total. The van der Waals surface area contributed by atoms with Crippen molar-refractivity contribution in [3.63, 3.8) is 0 Å². The Kier molecular flexibility index (Phi) is 5.81. The average Bonchev–Trinajstić information content (AvgIpc) is 2.63. The minimum Gasteiger partial charge on any atom is -0.368 e. The van der Waals surface area contributed by atoms with E-state index in [-0.39, 0.29) is 11.7 Å². The van der Waals surface area contributed by atoms with Gasteiger partial charge < -0.3 is 9.80 Å². The molecule has 25 heavy (non-hydrogen) atoms. The molecule has 1 heterocycles. The quantitative estimate of drug-likeness (QED) is 0.745. The number of hydrogen-bond acceptors (Lipinski definition) is 3. The number of hydrogen-bond donors (Lipinski definition) is 0. The van der Waals surface area contributed by atoms with Crippen molar-refractivity contribution in [3.8, 4) is 0 Å². The fraction of sp³-hybridized carbons (Fsp3) is 0.278. The molecule has 0 N–H and O–H groups in total. The smallest absolute Gasteiger partial charge is 0.233 e. The molecule has 1 aliphatic heterocycles. The van der Waals surface area contributed by atoms with Crippen molar-refractivity contribution in [2.24, 2.45) is 0 Å². The van der Waals surface area contributed by atoms with Gasteiger partial charge in [-0.3, -0.25) is 4.79 Å². The van der Waals surface area contributed by atoms with E-state index in [9.17, 15) is 13.6 Å². The normalized spacial score (nSPS) is 14.7. The number of piperazine rings is 1. The molecule has 1 fully saturated rings. The van der Waals surface area contributed by atoms with E-state index in [1.807, 2.05) is 24.3 Å². The van der Waals surface area contributed by atoms with Crippen LogP contribution in [0.15, 0.2) is 47.4 Å². The monoisotopic (exact) mass is 382 g/mol. The molecule has 0 unspecified atom stereocenters. The van der Waals surface area contributed by atoms with Gasteiger partial charge >= 0.3 is 0 Å². The zero-order valence-corrected chi connectivity index (χ0v) is 15.0. The second-order valence-electron chi connectivity index (χ2n) is 5.71. The number of amides is 1. The lowest BCUT2D eigenvalue weighted by atomic mass is 10.2. The third kappa shape index (κ3) is 4.64. The summed E-state index contributed by atoms with van der Waals surface area (Å²) in [7, 11) is 0. The van der Waals surface area contributed by atoms with Crippen molar-refractivity contribution in [2.75, 3.05) is 36.8 Å². The Morgan fingerprint density at radius 2 is 1.68 bits per heavy atom. The first kappa shape index (κ1) is 18.0. The SMILES string of the molecule is O=C(CSc1ccc(F)c(F)c1)N1CCN(c2ccc(Cl)cc2)CC1. The van der Waals surface area contributed by atoms with Crippen LogP contribution >= 0.6 is 23.4 Å². The molecule has 0 aromatic heterocycles. The van der Waals surface area contributed by atoms with Crippen LogP contribution in [0.5, 0.6) is 0 Å². The summed E-state index contributed by atoms with van der Waals surface area (Å²) in [5, 5.41) is 0.701. The maximum absolute atomic E-state index is 13.2. The molecular weight excluding hydrogens is 366 g/mol. The number of thioether (sulfide) groups is 1. The number of carbonyl (C=O) groups excluding carboxylic acids is 1. The van der Waals surface area contributed by atoms with Crippen LogP contribution in [0.2, 0.25) is 5.02 Å². The third-order valence-corrected chi connectivity index (χ3v) is 5.31. The molecule has 0 saturated carbocycles. The highest BCUT2D eigenvalue weighted by Crippen LogP contribution is 2.22. The Bertz CT molecular complexity index is 749. The highest BCUT2D eigenvalue weighted by molar-refractivity contribution is 8.00. The lowest BCUT2D eigenvalue weighted by Crippen LogP contribution is -2.49. The van der Waals surface area contributed by atoms with Gasteiger partial charge in [0.15, 0.2) is 11.6 Å². The molecule has 0 bridgehead atoms. The number of nitrogens with zero attached hydrogens (tertiary/aromatic N) is 2. The lowest BCUT2D eigenvalue weighted by molar-refractivity contribution is -0.128. The molecule has 0 atom stereocenters. The number of benzene rings is 2. The van der Waals surface area contributed by atoms with Gasteiger partial charge in [-0.2, -0.15) is 0 Å². The second-order valence-corrected chi connectivity index (χ2v) is 7.19. The molecule has 0 aliphatic carbocycles. The second kappa shape index (κ2) is 8.06. The minimum absolute atomic E-state index is 0.00508. The topological polar surface area (TPSA) is 23.6 Å². The largest absolute Gasteiger partial charge is 0.368 e. The van der Waals surface area contributed by atoms with Gasteiger partial charge in [0, 0.05) is 41.8 Å². The van der Waals surface area contributed by atoms with E-state index in [4.69, 9.17) is 11.6 Å². The number of rotatable bonds is 4. The first-order chi connectivity index (χ1) is 12.0. The summed E-state index contributed by atoms with van der Waals surface area (Å²) in [6.07, 6.45) is 0. The van der Waals surface area contributed by atoms with E-state index in [0.29, 0.717) is 23.0 Å². The summed E-state index contributed by atoms with van der Waals surface area (Å²) in [6.45, 7) is 2.78. The van der Waals surface area contributed by atoms with Gasteiger partial charge in [-0.25, -0.2) is 8.78 Å². The molecule has 1 aliphatic rings. The van der Waals surface area contributed by atoms with E-state index < -0.39 is 11.6 Å². The highest BCUT2D eigenvalue weighted by atomic mass is 35.5. The fourth-order valence-corrected chi connectivity index (χ4v) is 3.62. The van der Waals surface area contributed by atoms with E-state index >= 15 is 0 Å². The fourth-order valence-electron chi connectivity index (χ4n) is 2.67. The van der Waals surface area contributed by atoms with Gasteiger partial charge in [0.25, 0.3) is 0 Å². The van der Waals surface area contributed by atoms with E-state index in [1.165, 1.54) is 17.8 Å². The average molecular weight is 383 g/mol. The van der Waals surface area contributed by atoms with Crippen LogP contribution in [-0.4, -0.2) is 42.7 Å². The maximum Gasteiger partial charge on any atom is 0.233 e. The Hall–Kier alpha value is -1.79. The van der Waals surface area contributed by atoms with Crippen molar-refractivity contribution >= 4 is 35.0 Å². The molecular formula is C18H17ClF2N2OS. The minimum atomic E-state index is -0.894. The van der Waals surface area contributed by atoms with Crippen molar-refractivity contribution in [2.45, 2.75) is 4.90 Å². The lowest BCUT2D eigenvalue weighted by Gasteiger charge is -2.36. The summed E-state index contributed by atoms with van der Waals surface area (Å²) in [6, 6.07) is 11.3. The number of halogens is 3. The van der Waals surface area contributed by atoms with Gasteiger partial charge in [0.2, 0.25) is 5.91 Å². The maximum atomic E-state index is 13.2. The number of anilines is 1. The van der Waals surface area contributed by atoms with Gasteiger partial charge in [0.05, 0.1) is 5.75 Å². The van der Waals surface area contributed by atoms with E-state index in [0.717, 1.165) is 30.9 Å². The summed E-state index contributed by atoms with van der Waals surface area (Å²) in [4.78, 5) is 16.9. The molecule has 2 aromatic rings. The van der Waals surface area contributed by atoms with Gasteiger partial charge in [-0.1, -0.05) is 11.6 Å². The Labute approximate surface area is 154 Å². The van der Waals surface area contributed by atoms with Crippen LogP contribution in [0.3, 0.4) is 0 Å². The zero-order valence-electron chi connectivity index (χ0n) is 13.4. The van der Waals surface area contributed by atoms with Crippen molar-refractivity contribution < 1.29 is 13.6 Å². The van der Waals surface area contributed by atoms with Gasteiger partial charge in [-0.05, 0) is 42.5 Å². The summed E-state index contributed by atoms with van der Waals surface area (Å²) < 4.78 is 26.1. The van der Waals surface area contributed by atoms with Crippen molar-refractivity contribution in [1.29, 1.82) is 0 Å². The summed E-state index contributed by atoms with van der Waals surface area (Å²) in [5.41, 5.74) is 1.09. The summed E-state index contributed by atoms with van der Waals surface area (Å²) >= 11 is 7.12. The first-order valence-corrected chi connectivity index (χ1v) is 9.25. The van der Waals surface area contributed by atoms with Crippen molar-refractivity contribution in [3.05, 3.63) is 59.1 Å². The standard InChI is InChI=1S/C18H17ClF2N2OS/c19-13-1-3-14(4-2-13)22-7-9-23(10-8-22)18(24)12-25-15-5-6-16(20)17(21)11-15/h1-6,11H,7-10,12H2. The van der Waals surface area contributed by atoms with Crippen LogP contribution in [0, 0.1) is 11.6 Å². The van der Waals surface area contributed by atoms with Crippen molar-refractivity contribution in [1.82, 2.24) is 4.90 Å². The number of carbonyl (C=O) groups is 1. The van der Waals surface area contributed by atoms with Gasteiger partial charge in [0.1, 0.15) is 0 Å². The molecule has 2 aromatic carbocycles. The Morgan fingerprint density at radius 1 is 1.00 bits per heavy atom. The molecule has 3 rings (SSSR count). The molecule has 7 heteroatoms. The summed E-state index contributed by atoms with van der Waals surface area (Å²) in [5.74, 6) is -1.56. The third-order valence-electron chi connectivity index (χ3n) is 4.08. The predicted molar refractivity (Wildman–Crippen MR) is 97.3 cm³/mol. The highest BCUT2D eigenvalue weighted by Gasteiger charge is 2.21. The van der Waals surface area contributed by atoms with E-state index in [2.05, 4.69) is 4.90 Å². The van der Waals surface area contributed by atoms with Crippen LogP contribution in [-0.2, 0) is 4.79 Å². The predicted octanol–water partition coefficient (Wildman–Crippen LogP) is 4.06. The van der Waals surface area contributed by atoms with Gasteiger partial charge in [-0.15, -0.1) is 11.8 Å². The zero-order chi connectivity index (χ0) is 17.8.